The van der Waals surface area contributed by atoms with Crippen LogP contribution in [0.15, 0.2) is 57.8 Å². The molecule has 0 aliphatic carbocycles. The molecule has 0 atom stereocenters. The van der Waals surface area contributed by atoms with Gasteiger partial charge in [-0.25, -0.2) is 8.78 Å². The lowest BCUT2D eigenvalue weighted by Gasteiger charge is -2.15. The summed E-state index contributed by atoms with van der Waals surface area (Å²) in [6.45, 7) is 1.91. The zero-order valence-corrected chi connectivity index (χ0v) is 18.5. The van der Waals surface area contributed by atoms with Gasteiger partial charge in [-0.3, -0.25) is 9.59 Å². The second-order valence-corrected chi connectivity index (χ2v) is 7.75. The van der Waals surface area contributed by atoms with Crippen LogP contribution in [0.25, 0.3) is 0 Å². The summed E-state index contributed by atoms with van der Waals surface area (Å²) >= 11 is 3.27. The minimum atomic E-state index is -0.715. The van der Waals surface area contributed by atoms with Crippen LogP contribution in [0.1, 0.15) is 22.4 Å². The van der Waals surface area contributed by atoms with Crippen molar-refractivity contribution in [3.05, 3.63) is 97.4 Å². The molecule has 0 unspecified atom stereocenters. The lowest BCUT2D eigenvalue weighted by molar-refractivity contribution is -0.139. The molecular formula is C23H20BrF2NO4. The molecular weight excluding hydrogens is 472 g/mol. The van der Waals surface area contributed by atoms with Gasteiger partial charge in [0.15, 0.2) is 0 Å². The maximum atomic E-state index is 13.8. The smallest absolute Gasteiger partial charge is 0.309 e. The van der Waals surface area contributed by atoms with E-state index in [9.17, 15) is 18.4 Å². The molecule has 2 aromatic carbocycles. The van der Waals surface area contributed by atoms with Gasteiger partial charge in [0.2, 0.25) is 0 Å². The number of hydrogen-bond acceptors (Lipinski definition) is 4. The molecule has 1 heterocycles. The molecule has 0 spiro atoms. The van der Waals surface area contributed by atoms with E-state index in [1.54, 1.807) is 17.6 Å². The predicted octanol–water partition coefficient (Wildman–Crippen LogP) is 4.54. The van der Waals surface area contributed by atoms with E-state index >= 15 is 0 Å². The molecule has 0 aliphatic heterocycles. The number of ether oxygens (including phenoxy) is 2. The Hall–Kier alpha value is -3.00. The van der Waals surface area contributed by atoms with Crippen molar-refractivity contribution in [2.75, 3.05) is 7.11 Å². The average molecular weight is 492 g/mol. The highest BCUT2D eigenvalue weighted by molar-refractivity contribution is 9.10. The molecule has 0 fully saturated rings. The molecule has 162 valence electrons. The topological polar surface area (TPSA) is 57.5 Å². The van der Waals surface area contributed by atoms with Crippen molar-refractivity contribution in [2.24, 2.45) is 0 Å². The van der Waals surface area contributed by atoms with Crippen LogP contribution in [-0.2, 0) is 29.1 Å². The summed E-state index contributed by atoms with van der Waals surface area (Å²) < 4.78 is 38.9. The molecule has 1 aromatic heterocycles. The van der Waals surface area contributed by atoms with Crippen LogP contribution < -0.4 is 10.3 Å². The minimum absolute atomic E-state index is 0.147. The molecule has 0 N–H and O–H groups in total. The fourth-order valence-electron chi connectivity index (χ4n) is 3.07. The van der Waals surface area contributed by atoms with Gasteiger partial charge in [-0.15, -0.1) is 0 Å². The summed E-state index contributed by atoms with van der Waals surface area (Å²) in [5, 5.41) is 0. The highest BCUT2D eigenvalue weighted by atomic mass is 79.9. The van der Waals surface area contributed by atoms with Gasteiger partial charge < -0.3 is 14.0 Å². The zero-order valence-electron chi connectivity index (χ0n) is 17.0. The first-order valence-corrected chi connectivity index (χ1v) is 10.2. The van der Waals surface area contributed by atoms with Crippen LogP contribution in [0, 0.1) is 18.6 Å². The Morgan fingerprint density at radius 1 is 1.10 bits per heavy atom. The molecule has 0 radical (unpaired) electrons. The summed E-state index contributed by atoms with van der Waals surface area (Å²) in [7, 11) is 1.33. The lowest BCUT2D eigenvalue weighted by Crippen LogP contribution is -2.24. The minimum Gasteiger partial charge on any atom is -0.487 e. The molecule has 0 saturated heterocycles. The summed E-state index contributed by atoms with van der Waals surface area (Å²) in [6, 6.07) is 12.2. The largest absolute Gasteiger partial charge is 0.487 e. The van der Waals surface area contributed by atoms with Crippen LogP contribution >= 0.6 is 15.9 Å². The molecule has 0 amide bonds. The Morgan fingerprint density at radius 3 is 2.55 bits per heavy atom. The fourth-order valence-corrected chi connectivity index (χ4v) is 3.51. The number of aryl methyl sites for hydroxylation is 1. The number of esters is 1. The number of pyridine rings is 1. The first-order valence-electron chi connectivity index (χ1n) is 9.39. The number of rotatable bonds is 7. The third-order valence-corrected chi connectivity index (χ3v) is 5.45. The number of benzene rings is 2. The average Bonchev–Trinajstić information content (AvgIpc) is 2.74. The van der Waals surface area contributed by atoms with Crippen molar-refractivity contribution in [3.63, 3.8) is 0 Å². The molecule has 0 aliphatic rings. The highest BCUT2D eigenvalue weighted by Gasteiger charge is 2.14. The number of aromatic nitrogens is 1. The van der Waals surface area contributed by atoms with Crippen LogP contribution in [0.4, 0.5) is 8.78 Å². The van der Waals surface area contributed by atoms with E-state index < -0.39 is 11.6 Å². The van der Waals surface area contributed by atoms with Gasteiger partial charge in [0.1, 0.15) is 28.5 Å². The number of carbonyl (C=O) groups excluding carboxylic acids is 1. The number of methoxy groups -OCH3 is 1. The van der Waals surface area contributed by atoms with Crippen LogP contribution in [0.2, 0.25) is 0 Å². The van der Waals surface area contributed by atoms with Crippen molar-refractivity contribution < 1.29 is 23.0 Å². The fraction of sp³-hybridized carbons (Fsp3) is 0.217. The van der Waals surface area contributed by atoms with Gasteiger partial charge in [-0.2, -0.15) is 0 Å². The van der Waals surface area contributed by atoms with Gasteiger partial charge in [0.05, 0.1) is 20.1 Å². The predicted molar refractivity (Wildman–Crippen MR) is 115 cm³/mol. The SMILES string of the molecule is COC(=O)Cc1cccc(Cn2c(C)cc(OCc3ccc(F)cc3F)c(Br)c2=O)c1. The van der Waals surface area contributed by atoms with E-state index in [-0.39, 0.29) is 40.3 Å². The van der Waals surface area contributed by atoms with E-state index in [1.807, 2.05) is 24.3 Å². The molecule has 3 aromatic rings. The van der Waals surface area contributed by atoms with E-state index in [0.29, 0.717) is 12.2 Å². The number of halogens is 3. The van der Waals surface area contributed by atoms with Gasteiger partial charge in [-0.1, -0.05) is 24.3 Å². The van der Waals surface area contributed by atoms with Crippen LogP contribution in [-0.4, -0.2) is 17.6 Å². The van der Waals surface area contributed by atoms with E-state index in [1.165, 1.54) is 13.2 Å². The first kappa shape index (κ1) is 22.7. The monoisotopic (exact) mass is 491 g/mol. The van der Waals surface area contributed by atoms with Gasteiger partial charge >= 0.3 is 5.97 Å². The molecule has 0 saturated carbocycles. The summed E-state index contributed by atoms with van der Waals surface area (Å²) in [5.74, 6) is -1.46. The second-order valence-electron chi connectivity index (χ2n) is 6.95. The summed E-state index contributed by atoms with van der Waals surface area (Å²) in [6.07, 6.45) is 0.147. The quantitative estimate of drug-likeness (QED) is 0.455. The van der Waals surface area contributed by atoms with Crippen molar-refractivity contribution in [1.29, 1.82) is 0 Å². The molecule has 31 heavy (non-hydrogen) atoms. The third kappa shape index (κ3) is 5.58. The number of hydrogen-bond donors (Lipinski definition) is 0. The normalized spacial score (nSPS) is 10.7. The van der Waals surface area contributed by atoms with E-state index in [4.69, 9.17) is 9.47 Å². The third-order valence-electron chi connectivity index (χ3n) is 4.72. The Morgan fingerprint density at radius 2 is 1.84 bits per heavy atom. The summed E-state index contributed by atoms with van der Waals surface area (Å²) in [4.78, 5) is 24.4. The Balaban J connectivity index is 1.81. The van der Waals surface area contributed by atoms with Crippen molar-refractivity contribution >= 4 is 21.9 Å². The molecule has 8 heteroatoms. The lowest BCUT2D eigenvalue weighted by atomic mass is 10.1. The van der Waals surface area contributed by atoms with Crippen LogP contribution in [0.5, 0.6) is 5.75 Å². The maximum absolute atomic E-state index is 13.8. The standard InChI is InChI=1S/C23H20BrF2NO4/c1-14-8-20(31-13-17-6-7-18(25)11-19(17)26)22(24)23(29)27(14)12-16-5-3-4-15(9-16)10-21(28)30-2/h3-9,11H,10,12-13H2,1-2H3. The maximum Gasteiger partial charge on any atom is 0.309 e. The summed E-state index contributed by atoms with van der Waals surface area (Å²) in [5.41, 5.74) is 2.14. The molecule has 5 nitrogen and oxygen atoms in total. The first-order chi connectivity index (χ1) is 14.8. The van der Waals surface area contributed by atoms with E-state index in [2.05, 4.69) is 15.9 Å². The van der Waals surface area contributed by atoms with Crippen molar-refractivity contribution in [1.82, 2.24) is 4.57 Å². The number of nitrogens with zero attached hydrogens (tertiary/aromatic N) is 1. The van der Waals surface area contributed by atoms with Gasteiger partial charge in [-0.05, 0) is 46.1 Å². The van der Waals surface area contributed by atoms with Crippen molar-refractivity contribution in [3.8, 4) is 5.75 Å². The zero-order chi connectivity index (χ0) is 22.5. The molecule has 3 rings (SSSR count). The van der Waals surface area contributed by atoms with E-state index in [0.717, 1.165) is 23.3 Å². The van der Waals surface area contributed by atoms with Gasteiger partial charge in [0, 0.05) is 23.4 Å². The van der Waals surface area contributed by atoms with Gasteiger partial charge in [0.25, 0.3) is 5.56 Å². The highest BCUT2D eigenvalue weighted by Crippen LogP contribution is 2.24. The van der Waals surface area contributed by atoms with Crippen LogP contribution in [0.3, 0.4) is 0 Å². The Labute approximate surface area is 186 Å². The van der Waals surface area contributed by atoms with Crippen molar-refractivity contribution in [2.45, 2.75) is 26.5 Å². The number of carbonyl (C=O) groups is 1. The molecule has 0 bridgehead atoms. The second kappa shape index (κ2) is 9.87. The Bertz CT molecular complexity index is 1180. The Kier molecular flexibility index (Phi) is 7.22.